The molecule has 0 fully saturated rings. The molecule has 1 heterocycles. The number of nitrogens with two attached hydrogens (primary N) is 1. The largest absolute Gasteiger partial charge is 0.396 e. The fraction of sp³-hybridized carbons (Fsp3) is 0.125. The van der Waals surface area contributed by atoms with Crippen LogP contribution in [0.3, 0.4) is 0 Å². The third-order valence-electron chi connectivity index (χ3n) is 1.95. The maximum Gasteiger partial charge on any atom is 0.368 e. The number of hydrogen-bond acceptors (Lipinski definition) is 4. The van der Waals surface area contributed by atoms with Crippen molar-refractivity contribution in [2.45, 2.75) is 0 Å². The molecule has 1 aromatic heterocycles. The summed E-state index contributed by atoms with van der Waals surface area (Å²) in [6, 6.07) is 3.90. The van der Waals surface area contributed by atoms with Gasteiger partial charge in [0, 0.05) is 7.05 Å². The standard InChI is InChI=1S/C8H8FN5O/c1-13-8(15)14(12-11-13)5-2-3-6(9)7(10)4-5/h2-4H,10H2,1H3. The molecule has 7 heteroatoms. The summed E-state index contributed by atoms with van der Waals surface area (Å²) in [4.78, 5) is 11.4. The SMILES string of the molecule is Cn1nnn(-c2ccc(F)c(N)c2)c1=O. The van der Waals surface area contributed by atoms with E-state index in [0.29, 0.717) is 5.69 Å². The van der Waals surface area contributed by atoms with Crippen molar-refractivity contribution in [1.82, 2.24) is 19.8 Å². The van der Waals surface area contributed by atoms with Gasteiger partial charge < -0.3 is 5.73 Å². The normalized spacial score (nSPS) is 10.5. The Labute approximate surface area is 83.7 Å². The Kier molecular flexibility index (Phi) is 2.00. The van der Waals surface area contributed by atoms with Gasteiger partial charge in [-0.25, -0.2) is 9.18 Å². The van der Waals surface area contributed by atoms with Gasteiger partial charge in [-0.3, -0.25) is 0 Å². The number of aryl methyl sites for hydroxylation is 1. The molecule has 15 heavy (non-hydrogen) atoms. The molecule has 1 aromatic carbocycles. The van der Waals surface area contributed by atoms with Crippen LogP contribution in [0.15, 0.2) is 23.0 Å². The lowest BCUT2D eigenvalue weighted by Crippen LogP contribution is -2.22. The van der Waals surface area contributed by atoms with Crippen LogP contribution in [-0.4, -0.2) is 19.8 Å². The molecule has 0 saturated heterocycles. The minimum absolute atomic E-state index is 0.0370. The Bertz CT molecular complexity index is 558. The van der Waals surface area contributed by atoms with Gasteiger partial charge in [-0.2, -0.15) is 9.36 Å². The highest BCUT2D eigenvalue weighted by molar-refractivity contribution is 5.48. The summed E-state index contributed by atoms with van der Waals surface area (Å²) in [5.74, 6) is -0.532. The molecule has 0 amide bonds. The third kappa shape index (κ3) is 1.47. The van der Waals surface area contributed by atoms with Crippen LogP contribution in [0.4, 0.5) is 10.1 Å². The molecule has 0 bridgehead atoms. The first-order chi connectivity index (χ1) is 7.09. The quantitative estimate of drug-likeness (QED) is 0.653. The zero-order chi connectivity index (χ0) is 11.0. The van der Waals surface area contributed by atoms with Crippen molar-refractivity contribution in [3.05, 3.63) is 34.5 Å². The number of hydrogen-bond donors (Lipinski definition) is 1. The minimum Gasteiger partial charge on any atom is -0.396 e. The number of benzene rings is 1. The van der Waals surface area contributed by atoms with Crippen LogP contribution in [0.2, 0.25) is 0 Å². The number of aromatic nitrogens is 4. The van der Waals surface area contributed by atoms with E-state index in [4.69, 9.17) is 5.73 Å². The first-order valence-corrected chi connectivity index (χ1v) is 4.14. The highest BCUT2D eigenvalue weighted by atomic mass is 19.1. The van der Waals surface area contributed by atoms with E-state index in [1.807, 2.05) is 0 Å². The van der Waals surface area contributed by atoms with Crippen LogP contribution >= 0.6 is 0 Å². The van der Waals surface area contributed by atoms with Gasteiger partial charge in [0.2, 0.25) is 0 Å². The monoisotopic (exact) mass is 209 g/mol. The fourth-order valence-electron chi connectivity index (χ4n) is 1.14. The van der Waals surface area contributed by atoms with Gasteiger partial charge in [-0.15, -0.1) is 0 Å². The Balaban J connectivity index is 2.60. The van der Waals surface area contributed by atoms with Crippen molar-refractivity contribution >= 4 is 5.69 Å². The van der Waals surface area contributed by atoms with E-state index in [9.17, 15) is 9.18 Å². The molecular formula is C8H8FN5O. The van der Waals surface area contributed by atoms with E-state index in [-0.39, 0.29) is 5.69 Å². The van der Waals surface area contributed by atoms with Crippen molar-refractivity contribution in [1.29, 1.82) is 0 Å². The average molecular weight is 209 g/mol. The fourth-order valence-corrected chi connectivity index (χ4v) is 1.14. The lowest BCUT2D eigenvalue weighted by molar-refractivity contribution is 0.631. The summed E-state index contributed by atoms with van der Waals surface area (Å²) in [5.41, 5.74) is 5.30. The molecule has 2 N–H and O–H groups in total. The maximum atomic E-state index is 12.9. The smallest absolute Gasteiger partial charge is 0.368 e. The van der Waals surface area contributed by atoms with Gasteiger partial charge >= 0.3 is 5.69 Å². The lowest BCUT2D eigenvalue weighted by Gasteiger charge is -2.00. The summed E-state index contributed by atoms with van der Waals surface area (Å²) in [6.07, 6.45) is 0. The number of rotatable bonds is 1. The summed E-state index contributed by atoms with van der Waals surface area (Å²) >= 11 is 0. The zero-order valence-corrected chi connectivity index (χ0v) is 7.88. The first-order valence-electron chi connectivity index (χ1n) is 4.14. The van der Waals surface area contributed by atoms with Gasteiger partial charge in [0.05, 0.1) is 11.4 Å². The molecule has 0 spiro atoms. The minimum atomic E-state index is -0.532. The molecule has 0 aliphatic heterocycles. The average Bonchev–Trinajstić information content (AvgIpc) is 2.53. The summed E-state index contributed by atoms with van der Waals surface area (Å²) < 4.78 is 15.0. The molecule has 0 atom stereocenters. The molecule has 0 aliphatic rings. The topological polar surface area (TPSA) is 78.7 Å². The van der Waals surface area contributed by atoms with Crippen molar-refractivity contribution < 1.29 is 4.39 Å². The van der Waals surface area contributed by atoms with Gasteiger partial charge in [-0.05, 0) is 28.6 Å². The molecule has 2 aromatic rings. The van der Waals surface area contributed by atoms with E-state index in [1.165, 1.54) is 25.2 Å². The highest BCUT2D eigenvalue weighted by Gasteiger charge is 2.07. The van der Waals surface area contributed by atoms with Crippen LogP contribution in [0.5, 0.6) is 0 Å². The van der Waals surface area contributed by atoms with Gasteiger partial charge in [0.1, 0.15) is 5.82 Å². The second kappa shape index (κ2) is 3.19. The van der Waals surface area contributed by atoms with Crippen LogP contribution in [0.25, 0.3) is 5.69 Å². The van der Waals surface area contributed by atoms with Crippen molar-refractivity contribution in [3.8, 4) is 5.69 Å². The predicted molar refractivity (Wildman–Crippen MR) is 51.0 cm³/mol. The van der Waals surface area contributed by atoms with E-state index in [2.05, 4.69) is 10.4 Å². The highest BCUT2D eigenvalue weighted by Crippen LogP contribution is 2.13. The molecule has 0 saturated carbocycles. The number of halogens is 1. The molecule has 78 valence electrons. The van der Waals surface area contributed by atoms with E-state index in [0.717, 1.165) is 9.36 Å². The van der Waals surface area contributed by atoms with Crippen LogP contribution in [-0.2, 0) is 7.05 Å². The molecule has 0 aliphatic carbocycles. The Morgan fingerprint density at radius 1 is 1.40 bits per heavy atom. The van der Waals surface area contributed by atoms with E-state index in [1.54, 1.807) is 0 Å². The summed E-state index contributed by atoms with van der Waals surface area (Å²) in [5, 5.41) is 7.12. The van der Waals surface area contributed by atoms with Crippen molar-refractivity contribution in [2.75, 3.05) is 5.73 Å². The van der Waals surface area contributed by atoms with E-state index >= 15 is 0 Å². The van der Waals surface area contributed by atoms with Gasteiger partial charge in [0.15, 0.2) is 0 Å². The number of anilines is 1. The van der Waals surface area contributed by atoms with Crippen LogP contribution < -0.4 is 11.4 Å². The molecular weight excluding hydrogens is 201 g/mol. The third-order valence-corrected chi connectivity index (χ3v) is 1.95. The Morgan fingerprint density at radius 2 is 2.13 bits per heavy atom. The van der Waals surface area contributed by atoms with Crippen LogP contribution in [0, 0.1) is 5.82 Å². The second-order valence-electron chi connectivity index (χ2n) is 3.00. The zero-order valence-electron chi connectivity index (χ0n) is 7.88. The Morgan fingerprint density at radius 3 is 2.67 bits per heavy atom. The first kappa shape index (κ1) is 9.38. The second-order valence-corrected chi connectivity index (χ2v) is 3.00. The number of nitrogens with zero attached hydrogens (tertiary/aromatic N) is 4. The lowest BCUT2D eigenvalue weighted by atomic mass is 10.3. The van der Waals surface area contributed by atoms with Crippen molar-refractivity contribution in [3.63, 3.8) is 0 Å². The van der Waals surface area contributed by atoms with Gasteiger partial charge in [-0.1, -0.05) is 0 Å². The summed E-state index contributed by atoms with van der Waals surface area (Å²) in [6.45, 7) is 0. The Hall–Kier alpha value is -2.18. The molecule has 0 radical (unpaired) electrons. The van der Waals surface area contributed by atoms with Crippen LogP contribution in [0.1, 0.15) is 0 Å². The molecule has 6 nitrogen and oxygen atoms in total. The number of nitrogen functional groups attached to an aromatic ring is 1. The predicted octanol–water partition coefficient (Wildman–Crippen LogP) is -0.313. The van der Waals surface area contributed by atoms with E-state index < -0.39 is 11.5 Å². The van der Waals surface area contributed by atoms with Crippen molar-refractivity contribution in [2.24, 2.45) is 7.05 Å². The maximum absolute atomic E-state index is 12.9. The molecule has 2 rings (SSSR count). The summed E-state index contributed by atoms with van der Waals surface area (Å²) in [7, 11) is 1.47. The number of tetrazole rings is 1. The molecule has 0 unspecified atom stereocenters. The van der Waals surface area contributed by atoms with Gasteiger partial charge in [0.25, 0.3) is 0 Å².